The molecule has 2 saturated carbocycles. The maximum Gasteiger partial charge on any atom is 0.00105 e. The molecule has 0 aliphatic heterocycles. The van der Waals surface area contributed by atoms with Gasteiger partial charge in [-0.25, -0.2) is 0 Å². The van der Waals surface area contributed by atoms with Gasteiger partial charge < -0.3 is 5.32 Å². The molecule has 0 aromatic rings. The van der Waals surface area contributed by atoms with Gasteiger partial charge in [0.25, 0.3) is 0 Å². The van der Waals surface area contributed by atoms with Crippen LogP contribution in [0.5, 0.6) is 0 Å². The molecular weight excluding hydrogens is 230 g/mol. The molecular formula is C18H35N. The molecule has 0 saturated heterocycles. The van der Waals surface area contributed by atoms with Crippen LogP contribution < -0.4 is 5.32 Å². The van der Waals surface area contributed by atoms with Crippen molar-refractivity contribution in [3.63, 3.8) is 0 Å². The summed E-state index contributed by atoms with van der Waals surface area (Å²) in [6.07, 6.45) is 16.4. The van der Waals surface area contributed by atoms with Gasteiger partial charge >= 0.3 is 0 Å². The Balaban J connectivity index is 1.72. The number of fused-ring (bicyclic) bond motifs is 2. The number of rotatable bonds is 10. The van der Waals surface area contributed by atoms with Gasteiger partial charge in [0, 0.05) is 6.54 Å². The first-order chi connectivity index (χ1) is 9.30. The van der Waals surface area contributed by atoms with Gasteiger partial charge in [-0.2, -0.15) is 0 Å². The van der Waals surface area contributed by atoms with Crippen molar-refractivity contribution in [1.29, 1.82) is 0 Å². The summed E-state index contributed by atoms with van der Waals surface area (Å²) in [5.74, 6) is 2.15. The van der Waals surface area contributed by atoms with Gasteiger partial charge in [0.1, 0.15) is 0 Å². The van der Waals surface area contributed by atoms with Crippen LogP contribution in [-0.2, 0) is 0 Å². The molecule has 2 rings (SSSR count). The highest BCUT2D eigenvalue weighted by Gasteiger charge is 2.49. The normalized spacial score (nSPS) is 33.2. The second-order valence-electron chi connectivity index (χ2n) is 7.24. The molecule has 0 radical (unpaired) electrons. The molecule has 0 spiro atoms. The summed E-state index contributed by atoms with van der Waals surface area (Å²) in [6.45, 7) is 7.02. The highest BCUT2D eigenvalue weighted by Crippen LogP contribution is 2.57. The summed E-state index contributed by atoms with van der Waals surface area (Å²) in [6, 6.07) is 0. The lowest BCUT2D eigenvalue weighted by Gasteiger charge is -2.38. The zero-order valence-electron chi connectivity index (χ0n) is 13.3. The van der Waals surface area contributed by atoms with Crippen molar-refractivity contribution in [2.45, 2.75) is 84.5 Å². The van der Waals surface area contributed by atoms with Crippen LogP contribution in [0.15, 0.2) is 0 Å². The van der Waals surface area contributed by atoms with Crippen LogP contribution in [0.3, 0.4) is 0 Å². The molecule has 2 aliphatic rings. The van der Waals surface area contributed by atoms with Crippen molar-refractivity contribution in [2.24, 2.45) is 17.3 Å². The number of nitrogens with one attached hydrogen (secondary N) is 1. The van der Waals surface area contributed by atoms with Crippen LogP contribution in [0.4, 0.5) is 0 Å². The summed E-state index contributed by atoms with van der Waals surface area (Å²) >= 11 is 0. The molecule has 1 nitrogen and oxygen atoms in total. The fourth-order valence-corrected chi connectivity index (χ4v) is 4.80. The molecule has 0 amide bonds. The van der Waals surface area contributed by atoms with Gasteiger partial charge in [0.05, 0.1) is 0 Å². The predicted octanol–water partition coefficient (Wildman–Crippen LogP) is 5.15. The van der Waals surface area contributed by atoms with Crippen LogP contribution in [0.2, 0.25) is 0 Å². The quantitative estimate of drug-likeness (QED) is 0.538. The first-order valence-electron chi connectivity index (χ1n) is 9.01. The van der Waals surface area contributed by atoms with E-state index in [-0.39, 0.29) is 0 Å². The molecule has 2 bridgehead atoms. The maximum atomic E-state index is 3.68. The summed E-state index contributed by atoms with van der Waals surface area (Å²) in [4.78, 5) is 0. The van der Waals surface area contributed by atoms with Gasteiger partial charge in [-0.05, 0) is 49.5 Å². The van der Waals surface area contributed by atoms with E-state index in [2.05, 4.69) is 19.2 Å². The molecule has 19 heavy (non-hydrogen) atoms. The van der Waals surface area contributed by atoms with Crippen LogP contribution in [0.1, 0.15) is 84.5 Å². The molecule has 3 atom stereocenters. The Bertz CT molecular complexity index is 250. The minimum Gasteiger partial charge on any atom is -0.316 e. The van der Waals surface area contributed by atoms with E-state index in [9.17, 15) is 0 Å². The van der Waals surface area contributed by atoms with Crippen molar-refractivity contribution in [3.05, 3.63) is 0 Å². The van der Waals surface area contributed by atoms with Crippen LogP contribution >= 0.6 is 0 Å². The molecule has 1 heteroatoms. The predicted molar refractivity (Wildman–Crippen MR) is 84.4 cm³/mol. The average Bonchev–Trinajstić information content (AvgIpc) is 3.01. The van der Waals surface area contributed by atoms with E-state index < -0.39 is 0 Å². The molecule has 0 heterocycles. The van der Waals surface area contributed by atoms with Crippen LogP contribution in [0, 0.1) is 17.3 Å². The highest BCUT2D eigenvalue weighted by atomic mass is 14.9. The Morgan fingerprint density at radius 2 is 1.79 bits per heavy atom. The lowest BCUT2D eigenvalue weighted by Crippen LogP contribution is -2.38. The second kappa shape index (κ2) is 7.67. The van der Waals surface area contributed by atoms with Gasteiger partial charge in [-0.1, -0.05) is 58.8 Å². The van der Waals surface area contributed by atoms with Gasteiger partial charge in [-0.15, -0.1) is 0 Å². The summed E-state index contributed by atoms with van der Waals surface area (Å²) in [5, 5.41) is 3.68. The zero-order chi connectivity index (χ0) is 13.6. The average molecular weight is 265 g/mol. The van der Waals surface area contributed by atoms with E-state index >= 15 is 0 Å². The van der Waals surface area contributed by atoms with Gasteiger partial charge in [0.15, 0.2) is 0 Å². The van der Waals surface area contributed by atoms with E-state index in [0.29, 0.717) is 5.41 Å². The molecule has 112 valence electrons. The number of hydrogen-bond acceptors (Lipinski definition) is 1. The van der Waals surface area contributed by atoms with Crippen molar-refractivity contribution in [3.8, 4) is 0 Å². The summed E-state index contributed by atoms with van der Waals surface area (Å²) in [5.41, 5.74) is 0.698. The third-order valence-corrected chi connectivity index (χ3v) is 5.86. The lowest BCUT2D eigenvalue weighted by atomic mass is 9.69. The summed E-state index contributed by atoms with van der Waals surface area (Å²) in [7, 11) is 0. The van der Waals surface area contributed by atoms with E-state index in [0.717, 1.165) is 18.4 Å². The fourth-order valence-electron chi connectivity index (χ4n) is 4.80. The maximum absolute atomic E-state index is 3.68. The Labute approximate surface area is 120 Å². The van der Waals surface area contributed by atoms with E-state index in [1.165, 1.54) is 64.3 Å². The van der Waals surface area contributed by atoms with Crippen molar-refractivity contribution in [1.82, 2.24) is 5.32 Å². The Morgan fingerprint density at radius 1 is 1.00 bits per heavy atom. The molecule has 2 fully saturated rings. The minimum absolute atomic E-state index is 0.698. The molecule has 0 aromatic carbocycles. The van der Waals surface area contributed by atoms with E-state index in [1.807, 2.05) is 0 Å². The van der Waals surface area contributed by atoms with E-state index in [1.54, 1.807) is 12.8 Å². The third kappa shape index (κ3) is 3.97. The van der Waals surface area contributed by atoms with Crippen molar-refractivity contribution >= 4 is 0 Å². The molecule has 3 unspecified atom stereocenters. The lowest BCUT2D eigenvalue weighted by molar-refractivity contribution is 0.139. The Morgan fingerprint density at radius 3 is 2.42 bits per heavy atom. The standard InChI is InChI=1S/C18H35N/c1-3-5-6-7-8-9-12-18(15-19-4-2)14-16-10-11-17(18)13-16/h16-17,19H,3-15H2,1-2H3. The molecule has 0 aromatic heterocycles. The van der Waals surface area contributed by atoms with Crippen LogP contribution in [0.25, 0.3) is 0 Å². The number of hydrogen-bond donors (Lipinski definition) is 1. The SMILES string of the molecule is CCCCCCCCC1(CNCC)CC2CCC1C2. The fraction of sp³-hybridized carbons (Fsp3) is 1.00. The number of unbranched alkanes of at least 4 members (excludes halogenated alkanes) is 5. The van der Waals surface area contributed by atoms with Gasteiger partial charge in [-0.3, -0.25) is 0 Å². The van der Waals surface area contributed by atoms with Crippen molar-refractivity contribution < 1.29 is 0 Å². The van der Waals surface area contributed by atoms with Crippen LogP contribution in [-0.4, -0.2) is 13.1 Å². The smallest absolute Gasteiger partial charge is 0.00105 e. The minimum atomic E-state index is 0.698. The van der Waals surface area contributed by atoms with Crippen molar-refractivity contribution in [2.75, 3.05) is 13.1 Å². The Hall–Kier alpha value is -0.0400. The van der Waals surface area contributed by atoms with Gasteiger partial charge in [0.2, 0.25) is 0 Å². The second-order valence-corrected chi connectivity index (χ2v) is 7.24. The third-order valence-electron chi connectivity index (χ3n) is 5.86. The topological polar surface area (TPSA) is 12.0 Å². The van der Waals surface area contributed by atoms with E-state index in [4.69, 9.17) is 0 Å². The zero-order valence-corrected chi connectivity index (χ0v) is 13.3. The largest absolute Gasteiger partial charge is 0.316 e. The monoisotopic (exact) mass is 265 g/mol. The summed E-state index contributed by atoms with van der Waals surface area (Å²) < 4.78 is 0. The highest BCUT2D eigenvalue weighted by molar-refractivity contribution is 5.01. The first kappa shape index (κ1) is 15.4. The Kier molecular flexibility index (Phi) is 6.19. The molecule has 2 aliphatic carbocycles. The first-order valence-corrected chi connectivity index (χ1v) is 9.01. The molecule has 1 N–H and O–H groups in total.